The Morgan fingerprint density at radius 2 is 2.05 bits per heavy atom. The van der Waals surface area contributed by atoms with E-state index < -0.39 is 5.97 Å². The van der Waals surface area contributed by atoms with Crippen LogP contribution in [0.3, 0.4) is 0 Å². The Labute approximate surface area is 122 Å². The molecule has 1 amide bonds. The van der Waals surface area contributed by atoms with Gasteiger partial charge in [0.1, 0.15) is 0 Å². The lowest BCUT2D eigenvalue weighted by Gasteiger charge is -2.23. The standard InChI is InChI=1S/C15H17N3O3/c1-11-4-2-3-5-13(11)18(9-7-15(20)21)14(19)10-12-6-8-16-17-12/h2-6,8H,7,9-10H2,1H3,(H,16,17)(H,20,21). The number of amides is 1. The van der Waals surface area contributed by atoms with Gasteiger partial charge in [0.15, 0.2) is 0 Å². The summed E-state index contributed by atoms with van der Waals surface area (Å²) in [6.45, 7) is 2.04. The van der Waals surface area contributed by atoms with Crippen LogP contribution in [0.4, 0.5) is 5.69 Å². The molecule has 0 aliphatic rings. The van der Waals surface area contributed by atoms with Crippen LogP contribution in [0.15, 0.2) is 36.5 Å². The molecule has 0 saturated heterocycles. The van der Waals surface area contributed by atoms with E-state index in [9.17, 15) is 9.59 Å². The van der Waals surface area contributed by atoms with Gasteiger partial charge in [-0.2, -0.15) is 5.10 Å². The van der Waals surface area contributed by atoms with Crippen LogP contribution in [0.1, 0.15) is 17.7 Å². The van der Waals surface area contributed by atoms with E-state index in [1.54, 1.807) is 12.3 Å². The van der Waals surface area contributed by atoms with Crippen molar-refractivity contribution in [1.29, 1.82) is 0 Å². The van der Waals surface area contributed by atoms with E-state index in [4.69, 9.17) is 5.11 Å². The van der Waals surface area contributed by atoms with Gasteiger partial charge in [0.05, 0.1) is 12.8 Å². The number of aryl methyl sites for hydroxylation is 1. The first-order valence-electron chi connectivity index (χ1n) is 6.64. The average Bonchev–Trinajstić information content (AvgIpc) is 2.93. The van der Waals surface area contributed by atoms with Crippen LogP contribution in [0.2, 0.25) is 0 Å². The highest BCUT2D eigenvalue weighted by Crippen LogP contribution is 2.20. The Kier molecular flexibility index (Phi) is 4.71. The van der Waals surface area contributed by atoms with Crippen LogP contribution in [-0.2, 0) is 16.0 Å². The summed E-state index contributed by atoms with van der Waals surface area (Å²) in [7, 11) is 0. The van der Waals surface area contributed by atoms with Gasteiger partial charge in [0.2, 0.25) is 5.91 Å². The summed E-state index contributed by atoms with van der Waals surface area (Å²) in [6, 6.07) is 9.16. The zero-order chi connectivity index (χ0) is 15.2. The van der Waals surface area contributed by atoms with Crippen LogP contribution in [0, 0.1) is 6.92 Å². The smallest absolute Gasteiger partial charge is 0.305 e. The molecular weight excluding hydrogens is 270 g/mol. The van der Waals surface area contributed by atoms with E-state index in [1.807, 2.05) is 31.2 Å². The van der Waals surface area contributed by atoms with Gasteiger partial charge in [-0.05, 0) is 24.6 Å². The zero-order valence-corrected chi connectivity index (χ0v) is 11.7. The number of H-pyrrole nitrogens is 1. The maximum atomic E-state index is 12.5. The van der Waals surface area contributed by atoms with Gasteiger partial charge < -0.3 is 10.0 Å². The van der Waals surface area contributed by atoms with E-state index in [2.05, 4.69) is 10.2 Å². The summed E-state index contributed by atoms with van der Waals surface area (Å²) < 4.78 is 0. The maximum absolute atomic E-state index is 12.5. The molecule has 1 heterocycles. The predicted octanol–water partition coefficient (Wildman–Crippen LogP) is 1.77. The number of hydrogen-bond acceptors (Lipinski definition) is 3. The number of aromatic nitrogens is 2. The van der Waals surface area contributed by atoms with Gasteiger partial charge in [0, 0.05) is 24.1 Å². The second kappa shape index (κ2) is 6.69. The van der Waals surface area contributed by atoms with Crippen LogP contribution >= 0.6 is 0 Å². The number of aliphatic carboxylic acids is 1. The largest absolute Gasteiger partial charge is 0.481 e. The number of benzene rings is 1. The van der Waals surface area contributed by atoms with Crippen LogP contribution in [0.5, 0.6) is 0 Å². The summed E-state index contributed by atoms with van der Waals surface area (Å²) in [4.78, 5) is 24.8. The molecule has 0 bridgehead atoms. The lowest BCUT2D eigenvalue weighted by atomic mass is 10.1. The van der Waals surface area contributed by atoms with E-state index in [1.165, 1.54) is 4.90 Å². The van der Waals surface area contributed by atoms with Crippen LogP contribution in [-0.4, -0.2) is 33.7 Å². The topological polar surface area (TPSA) is 86.3 Å². The molecule has 0 fully saturated rings. The monoisotopic (exact) mass is 287 g/mol. The minimum atomic E-state index is -0.928. The Morgan fingerprint density at radius 3 is 2.67 bits per heavy atom. The fraction of sp³-hybridized carbons (Fsp3) is 0.267. The van der Waals surface area contributed by atoms with Gasteiger partial charge in [-0.3, -0.25) is 14.7 Å². The van der Waals surface area contributed by atoms with E-state index in [0.29, 0.717) is 5.69 Å². The second-order valence-corrected chi connectivity index (χ2v) is 4.73. The molecule has 0 unspecified atom stereocenters. The number of carbonyl (C=O) groups excluding carboxylic acids is 1. The molecule has 0 aliphatic carbocycles. The van der Waals surface area contributed by atoms with Crippen molar-refractivity contribution in [1.82, 2.24) is 10.2 Å². The molecule has 1 aromatic carbocycles. The van der Waals surface area contributed by atoms with Gasteiger partial charge in [0.25, 0.3) is 0 Å². The number of para-hydroxylation sites is 1. The average molecular weight is 287 g/mol. The fourth-order valence-electron chi connectivity index (χ4n) is 2.09. The zero-order valence-electron chi connectivity index (χ0n) is 11.7. The minimum absolute atomic E-state index is 0.0942. The number of carboxylic acid groups (broad SMARTS) is 1. The highest BCUT2D eigenvalue weighted by Gasteiger charge is 2.19. The number of carbonyl (C=O) groups is 2. The number of carboxylic acids is 1. The molecule has 0 aliphatic heterocycles. The van der Waals surface area contributed by atoms with Crippen molar-refractivity contribution < 1.29 is 14.7 Å². The summed E-state index contributed by atoms with van der Waals surface area (Å²) in [6.07, 6.45) is 1.65. The normalized spacial score (nSPS) is 10.3. The Bertz CT molecular complexity index is 623. The molecule has 110 valence electrons. The van der Waals surface area contributed by atoms with Crippen LogP contribution in [0.25, 0.3) is 0 Å². The fourth-order valence-corrected chi connectivity index (χ4v) is 2.09. The van der Waals surface area contributed by atoms with Crippen molar-refractivity contribution in [2.75, 3.05) is 11.4 Å². The molecular formula is C15H17N3O3. The van der Waals surface area contributed by atoms with Gasteiger partial charge >= 0.3 is 5.97 Å². The van der Waals surface area contributed by atoms with Crippen molar-refractivity contribution in [2.24, 2.45) is 0 Å². The lowest BCUT2D eigenvalue weighted by molar-refractivity contribution is -0.136. The van der Waals surface area contributed by atoms with E-state index >= 15 is 0 Å². The van der Waals surface area contributed by atoms with Crippen LogP contribution < -0.4 is 4.90 Å². The number of anilines is 1. The Balaban J connectivity index is 2.21. The summed E-state index contributed by atoms with van der Waals surface area (Å²) in [5.74, 6) is -1.09. The first kappa shape index (κ1) is 14.8. The Hall–Kier alpha value is -2.63. The van der Waals surface area contributed by atoms with Gasteiger partial charge in [-0.25, -0.2) is 0 Å². The molecule has 2 N–H and O–H groups in total. The van der Waals surface area contributed by atoms with Crippen molar-refractivity contribution in [3.05, 3.63) is 47.8 Å². The summed E-state index contributed by atoms with van der Waals surface area (Å²) in [5, 5.41) is 15.4. The summed E-state index contributed by atoms with van der Waals surface area (Å²) in [5.41, 5.74) is 2.37. The molecule has 1 aromatic heterocycles. The van der Waals surface area contributed by atoms with Crippen molar-refractivity contribution in [3.63, 3.8) is 0 Å². The van der Waals surface area contributed by atoms with Gasteiger partial charge in [-0.1, -0.05) is 18.2 Å². The van der Waals surface area contributed by atoms with Crippen molar-refractivity contribution in [2.45, 2.75) is 19.8 Å². The molecule has 21 heavy (non-hydrogen) atoms. The second-order valence-electron chi connectivity index (χ2n) is 4.73. The maximum Gasteiger partial charge on any atom is 0.305 e. The predicted molar refractivity (Wildman–Crippen MR) is 78.1 cm³/mol. The third-order valence-corrected chi connectivity index (χ3v) is 3.16. The molecule has 0 spiro atoms. The summed E-state index contributed by atoms with van der Waals surface area (Å²) >= 11 is 0. The number of nitrogens with zero attached hydrogens (tertiary/aromatic N) is 2. The third kappa shape index (κ3) is 3.92. The van der Waals surface area contributed by atoms with E-state index in [-0.39, 0.29) is 25.3 Å². The third-order valence-electron chi connectivity index (χ3n) is 3.16. The molecule has 0 saturated carbocycles. The molecule has 0 radical (unpaired) electrons. The first-order valence-corrected chi connectivity index (χ1v) is 6.64. The quantitative estimate of drug-likeness (QED) is 0.847. The number of nitrogens with one attached hydrogen (secondary N) is 1. The molecule has 2 aromatic rings. The van der Waals surface area contributed by atoms with Crippen molar-refractivity contribution >= 4 is 17.6 Å². The lowest BCUT2D eigenvalue weighted by Crippen LogP contribution is -2.34. The molecule has 0 atom stereocenters. The van der Waals surface area contributed by atoms with E-state index in [0.717, 1.165) is 11.3 Å². The van der Waals surface area contributed by atoms with Crippen molar-refractivity contribution in [3.8, 4) is 0 Å². The molecule has 2 rings (SSSR count). The number of aromatic amines is 1. The highest BCUT2D eigenvalue weighted by atomic mass is 16.4. The highest BCUT2D eigenvalue weighted by molar-refractivity contribution is 5.95. The Morgan fingerprint density at radius 1 is 1.29 bits per heavy atom. The SMILES string of the molecule is Cc1ccccc1N(CCC(=O)O)C(=O)Cc1ccn[nH]1. The molecule has 6 nitrogen and oxygen atoms in total. The molecule has 6 heteroatoms. The van der Waals surface area contributed by atoms with Gasteiger partial charge in [-0.15, -0.1) is 0 Å². The number of rotatable bonds is 6. The number of hydrogen-bond donors (Lipinski definition) is 2. The minimum Gasteiger partial charge on any atom is -0.481 e. The first-order chi connectivity index (χ1) is 10.1.